The zero-order chi connectivity index (χ0) is 19.7. The van der Waals surface area contributed by atoms with Gasteiger partial charge in [0.15, 0.2) is 0 Å². The van der Waals surface area contributed by atoms with E-state index in [1.54, 1.807) is 28.0 Å². The highest BCUT2D eigenvalue weighted by molar-refractivity contribution is 6.11. The van der Waals surface area contributed by atoms with Crippen molar-refractivity contribution < 1.29 is 14.4 Å². The Hall–Kier alpha value is -3.15. The fourth-order valence-corrected chi connectivity index (χ4v) is 3.98. The molecule has 1 N–H and O–H groups in total. The smallest absolute Gasteiger partial charge is 0.256 e. The molecule has 1 fully saturated rings. The number of hydrogen-bond donors (Lipinski definition) is 1. The molecular formula is C22H23N3O3. The minimum Gasteiger partial charge on any atom is -0.352 e. The number of fused-ring (bicyclic) bond motifs is 2. The maximum absolute atomic E-state index is 13.3. The first-order chi connectivity index (χ1) is 13.6. The summed E-state index contributed by atoms with van der Waals surface area (Å²) in [6.07, 6.45) is 1.55. The van der Waals surface area contributed by atoms with E-state index in [1.807, 2.05) is 37.3 Å². The molecule has 2 aromatic carbocycles. The fourth-order valence-electron chi connectivity index (χ4n) is 3.98. The van der Waals surface area contributed by atoms with E-state index in [-0.39, 0.29) is 17.7 Å². The topological polar surface area (TPSA) is 69.7 Å². The minimum absolute atomic E-state index is 0.0383. The van der Waals surface area contributed by atoms with Gasteiger partial charge in [0.2, 0.25) is 5.91 Å². The van der Waals surface area contributed by atoms with Crippen molar-refractivity contribution >= 4 is 23.4 Å². The second-order valence-corrected chi connectivity index (χ2v) is 7.15. The summed E-state index contributed by atoms with van der Waals surface area (Å²) in [6.45, 7) is 3.44. The summed E-state index contributed by atoms with van der Waals surface area (Å²) in [5.41, 5.74) is 2.72. The third-order valence-electron chi connectivity index (χ3n) is 5.38. The molecular weight excluding hydrogens is 354 g/mol. The molecule has 2 aromatic rings. The molecule has 2 heterocycles. The highest BCUT2D eigenvalue weighted by Gasteiger charge is 2.41. The van der Waals surface area contributed by atoms with Gasteiger partial charge >= 0.3 is 0 Å². The van der Waals surface area contributed by atoms with E-state index in [9.17, 15) is 14.4 Å². The standard InChI is InChI=1S/C22H23N3O3/c1-2-23-20(26)16-11-9-15(10-12-16)14-25-18-7-4-3-6-17(18)21(27)24-13-5-8-19(24)22(25)28/h3-4,6-7,9-12,19H,2,5,8,13-14H2,1H3,(H,23,26). The zero-order valence-corrected chi connectivity index (χ0v) is 15.9. The molecule has 1 unspecified atom stereocenters. The molecule has 6 heteroatoms. The number of hydrogen-bond acceptors (Lipinski definition) is 3. The predicted octanol–water partition coefficient (Wildman–Crippen LogP) is 2.59. The number of nitrogens with zero attached hydrogens (tertiary/aromatic N) is 2. The Bertz CT molecular complexity index is 923. The second kappa shape index (κ2) is 7.46. The second-order valence-electron chi connectivity index (χ2n) is 7.15. The Morgan fingerprint density at radius 1 is 1.11 bits per heavy atom. The Morgan fingerprint density at radius 3 is 2.61 bits per heavy atom. The molecule has 6 nitrogen and oxygen atoms in total. The van der Waals surface area contributed by atoms with Crippen molar-refractivity contribution in [2.75, 3.05) is 18.0 Å². The average Bonchev–Trinajstić information content (AvgIpc) is 3.19. The van der Waals surface area contributed by atoms with Crippen molar-refractivity contribution in [2.45, 2.75) is 32.4 Å². The molecule has 1 atom stereocenters. The molecule has 2 aliphatic heterocycles. The molecule has 3 amide bonds. The van der Waals surface area contributed by atoms with Gasteiger partial charge in [0.05, 0.1) is 17.8 Å². The average molecular weight is 377 g/mol. The fraction of sp³-hybridized carbons (Fsp3) is 0.318. The Morgan fingerprint density at radius 2 is 1.86 bits per heavy atom. The number of anilines is 1. The zero-order valence-electron chi connectivity index (χ0n) is 15.9. The van der Waals surface area contributed by atoms with Crippen LogP contribution >= 0.6 is 0 Å². The van der Waals surface area contributed by atoms with Gasteiger partial charge in [-0.1, -0.05) is 24.3 Å². The van der Waals surface area contributed by atoms with Gasteiger partial charge in [0.25, 0.3) is 11.8 Å². The molecule has 0 aromatic heterocycles. The lowest BCUT2D eigenvalue weighted by atomic mass is 10.1. The van der Waals surface area contributed by atoms with Gasteiger partial charge in [0.1, 0.15) is 6.04 Å². The van der Waals surface area contributed by atoms with E-state index in [4.69, 9.17) is 0 Å². The number of rotatable bonds is 4. The van der Waals surface area contributed by atoms with E-state index in [0.29, 0.717) is 42.9 Å². The van der Waals surface area contributed by atoms with Crippen molar-refractivity contribution in [3.05, 3.63) is 65.2 Å². The number of carbonyl (C=O) groups excluding carboxylic acids is 3. The van der Waals surface area contributed by atoms with Gasteiger partial charge in [-0.25, -0.2) is 0 Å². The first-order valence-electron chi connectivity index (χ1n) is 9.68. The Labute approximate surface area is 164 Å². The van der Waals surface area contributed by atoms with Crippen LogP contribution in [0.4, 0.5) is 5.69 Å². The number of para-hydroxylation sites is 1. The minimum atomic E-state index is -0.394. The molecule has 1 saturated heterocycles. The van der Waals surface area contributed by atoms with Gasteiger partial charge < -0.3 is 15.1 Å². The lowest BCUT2D eigenvalue weighted by molar-refractivity contribution is -0.122. The van der Waals surface area contributed by atoms with Gasteiger partial charge in [0, 0.05) is 18.7 Å². The van der Waals surface area contributed by atoms with Crippen LogP contribution in [0.2, 0.25) is 0 Å². The summed E-state index contributed by atoms with van der Waals surface area (Å²) >= 11 is 0. The highest BCUT2D eigenvalue weighted by atomic mass is 16.2. The third kappa shape index (κ3) is 3.15. The predicted molar refractivity (Wildman–Crippen MR) is 106 cm³/mol. The van der Waals surface area contributed by atoms with E-state index in [0.717, 1.165) is 12.0 Å². The molecule has 0 aliphatic carbocycles. The van der Waals surface area contributed by atoms with E-state index >= 15 is 0 Å². The van der Waals surface area contributed by atoms with Crippen LogP contribution in [0.5, 0.6) is 0 Å². The summed E-state index contributed by atoms with van der Waals surface area (Å²) in [6, 6.07) is 14.2. The Balaban J connectivity index is 1.66. The molecule has 4 rings (SSSR count). The van der Waals surface area contributed by atoms with Crippen molar-refractivity contribution in [2.24, 2.45) is 0 Å². The van der Waals surface area contributed by atoms with Crippen LogP contribution in [0, 0.1) is 0 Å². The highest BCUT2D eigenvalue weighted by Crippen LogP contribution is 2.33. The largest absolute Gasteiger partial charge is 0.352 e. The van der Waals surface area contributed by atoms with Crippen LogP contribution in [0.1, 0.15) is 46.0 Å². The van der Waals surface area contributed by atoms with Crippen LogP contribution < -0.4 is 10.2 Å². The maximum Gasteiger partial charge on any atom is 0.256 e. The summed E-state index contributed by atoms with van der Waals surface area (Å²) in [5.74, 6) is -0.221. The molecule has 0 bridgehead atoms. The first-order valence-corrected chi connectivity index (χ1v) is 9.68. The van der Waals surface area contributed by atoms with Crippen LogP contribution in [-0.2, 0) is 11.3 Å². The number of benzene rings is 2. The first kappa shape index (κ1) is 18.2. The van der Waals surface area contributed by atoms with Crippen molar-refractivity contribution in [1.29, 1.82) is 0 Å². The van der Waals surface area contributed by atoms with E-state index in [2.05, 4.69) is 5.32 Å². The summed E-state index contributed by atoms with van der Waals surface area (Å²) in [5, 5.41) is 2.77. The molecule has 28 heavy (non-hydrogen) atoms. The molecule has 0 radical (unpaired) electrons. The van der Waals surface area contributed by atoms with Crippen LogP contribution in [0.25, 0.3) is 0 Å². The van der Waals surface area contributed by atoms with Crippen LogP contribution in [0.15, 0.2) is 48.5 Å². The monoisotopic (exact) mass is 377 g/mol. The maximum atomic E-state index is 13.3. The van der Waals surface area contributed by atoms with Crippen LogP contribution in [0.3, 0.4) is 0 Å². The van der Waals surface area contributed by atoms with Crippen molar-refractivity contribution in [1.82, 2.24) is 10.2 Å². The number of amides is 3. The lowest BCUT2D eigenvalue weighted by Gasteiger charge is -2.26. The van der Waals surface area contributed by atoms with Crippen LogP contribution in [-0.4, -0.2) is 41.8 Å². The third-order valence-corrected chi connectivity index (χ3v) is 5.38. The van der Waals surface area contributed by atoms with Crippen molar-refractivity contribution in [3.8, 4) is 0 Å². The quantitative estimate of drug-likeness (QED) is 0.890. The molecule has 2 aliphatic rings. The Kier molecular flexibility index (Phi) is 4.86. The van der Waals surface area contributed by atoms with E-state index < -0.39 is 6.04 Å². The molecule has 0 saturated carbocycles. The summed E-state index contributed by atoms with van der Waals surface area (Å²) < 4.78 is 0. The van der Waals surface area contributed by atoms with Crippen molar-refractivity contribution in [3.63, 3.8) is 0 Å². The van der Waals surface area contributed by atoms with Gasteiger partial charge in [-0.15, -0.1) is 0 Å². The molecule has 144 valence electrons. The van der Waals surface area contributed by atoms with Gasteiger partial charge in [-0.05, 0) is 49.6 Å². The molecule has 0 spiro atoms. The lowest BCUT2D eigenvalue weighted by Crippen LogP contribution is -2.44. The summed E-state index contributed by atoms with van der Waals surface area (Å²) in [7, 11) is 0. The normalized spacial score (nSPS) is 18.5. The number of nitrogens with one attached hydrogen (secondary N) is 1. The van der Waals surface area contributed by atoms with Gasteiger partial charge in [-0.3, -0.25) is 14.4 Å². The number of carbonyl (C=O) groups is 3. The van der Waals surface area contributed by atoms with Gasteiger partial charge in [-0.2, -0.15) is 0 Å². The van der Waals surface area contributed by atoms with E-state index in [1.165, 1.54) is 0 Å². The SMILES string of the molecule is CCNC(=O)c1ccc(CN2C(=O)C3CCCN3C(=O)c3ccccc32)cc1. The summed E-state index contributed by atoms with van der Waals surface area (Å²) in [4.78, 5) is 41.6.